The van der Waals surface area contributed by atoms with Crippen molar-refractivity contribution in [2.24, 2.45) is 13.0 Å². The molecule has 124 valence electrons. The van der Waals surface area contributed by atoms with E-state index in [1.807, 2.05) is 0 Å². The van der Waals surface area contributed by atoms with Gasteiger partial charge in [-0.2, -0.15) is 5.10 Å². The van der Waals surface area contributed by atoms with Crippen molar-refractivity contribution in [1.29, 1.82) is 0 Å². The number of aryl methyl sites for hydroxylation is 1. The number of hydrogen-bond donors (Lipinski definition) is 1. The molecule has 0 aliphatic rings. The van der Waals surface area contributed by atoms with Crippen molar-refractivity contribution in [1.82, 2.24) is 20.0 Å². The van der Waals surface area contributed by atoms with Gasteiger partial charge in [0.2, 0.25) is 5.13 Å². The summed E-state index contributed by atoms with van der Waals surface area (Å²) in [6, 6.07) is 6.92. The normalized spacial score (nSPS) is 11.2. The van der Waals surface area contributed by atoms with E-state index in [9.17, 15) is 9.59 Å². The van der Waals surface area contributed by atoms with E-state index in [4.69, 9.17) is 0 Å². The van der Waals surface area contributed by atoms with E-state index >= 15 is 0 Å². The van der Waals surface area contributed by atoms with Crippen molar-refractivity contribution in [2.75, 3.05) is 5.32 Å². The van der Waals surface area contributed by atoms with Crippen molar-refractivity contribution in [3.63, 3.8) is 0 Å². The predicted molar refractivity (Wildman–Crippen MR) is 93.4 cm³/mol. The second-order valence-electron chi connectivity index (χ2n) is 5.88. The highest BCUT2D eigenvalue weighted by Gasteiger charge is 2.17. The zero-order chi connectivity index (χ0) is 17.3. The molecule has 0 aliphatic heterocycles. The predicted octanol–water partition coefficient (Wildman–Crippen LogP) is 2.24. The number of hydrogen-bond acceptors (Lipinski definition) is 6. The fraction of sp³-hybridized carbons (Fsp3) is 0.312. The second-order valence-corrected chi connectivity index (χ2v) is 6.94. The van der Waals surface area contributed by atoms with Crippen LogP contribution in [0, 0.1) is 5.92 Å². The van der Waals surface area contributed by atoms with Crippen molar-refractivity contribution in [3.05, 3.63) is 45.3 Å². The standard InChI is InChI=1S/C16H17N5O2S/c1-9(2)8-12-18-19-16(24-12)17-14(22)13-10-6-4-5-7-11(10)15(23)21(3)20-13/h4-7,9H,8H2,1-3H3,(H,17,19,22). The highest BCUT2D eigenvalue weighted by molar-refractivity contribution is 7.15. The zero-order valence-corrected chi connectivity index (χ0v) is 14.4. The average molecular weight is 343 g/mol. The lowest BCUT2D eigenvalue weighted by atomic mass is 10.1. The lowest BCUT2D eigenvalue weighted by Crippen LogP contribution is -2.25. The van der Waals surface area contributed by atoms with E-state index in [1.165, 1.54) is 23.1 Å². The first-order chi connectivity index (χ1) is 11.5. The molecule has 3 rings (SSSR count). The fourth-order valence-electron chi connectivity index (χ4n) is 2.36. The molecular formula is C16H17N5O2S. The maximum absolute atomic E-state index is 12.6. The van der Waals surface area contributed by atoms with Crippen LogP contribution in [0.1, 0.15) is 29.3 Å². The summed E-state index contributed by atoms with van der Waals surface area (Å²) in [4.78, 5) is 24.7. The number of benzene rings is 1. The number of carbonyl (C=O) groups excluding carboxylic acids is 1. The highest BCUT2D eigenvalue weighted by atomic mass is 32.1. The van der Waals surface area contributed by atoms with Gasteiger partial charge in [-0.1, -0.05) is 43.4 Å². The van der Waals surface area contributed by atoms with Gasteiger partial charge in [0.05, 0.1) is 5.39 Å². The number of fused-ring (bicyclic) bond motifs is 1. The molecule has 1 N–H and O–H groups in total. The molecule has 0 aliphatic carbocycles. The van der Waals surface area contributed by atoms with Crippen LogP contribution in [-0.2, 0) is 13.5 Å². The van der Waals surface area contributed by atoms with Crippen LogP contribution in [0.2, 0.25) is 0 Å². The number of aromatic nitrogens is 4. The van der Waals surface area contributed by atoms with E-state index in [2.05, 4.69) is 34.5 Å². The van der Waals surface area contributed by atoms with Crippen LogP contribution in [0.25, 0.3) is 10.8 Å². The summed E-state index contributed by atoms with van der Waals surface area (Å²) in [6.07, 6.45) is 0.814. The Balaban J connectivity index is 1.93. The Morgan fingerprint density at radius 1 is 1.25 bits per heavy atom. The Morgan fingerprint density at radius 2 is 1.96 bits per heavy atom. The molecule has 1 aromatic carbocycles. The topological polar surface area (TPSA) is 89.8 Å². The molecule has 1 amide bonds. The van der Waals surface area contributed by atoms with E-state index < -0.39 is 5.91 Å². The quantitative estimate of drug-likeness (QED) is 0.784. The van der Waals surface area contributed by atoms with Gasteiger partial charge in [0.1, 0.15) is 5.01 Å². The first kappa shape index (κ1) is 16.3. The largest absolute Gasteiger partial charge is 0.295 e. The van der Waals surface area contributed by atoms with Gasteiger partial charge in [-0.15, -0.1) is 10.2 Å². The van der Waals surface area contributed by atoms with Crippen LogP contribution in [0.3, 0.4) is 0 Å². The maximum atomic E-state index is 12.6. The van der Waals surface area contributed by atoms with Crippen LogP contribution >= 0.6 is 11.3 Å². The Hall–Kier alpha value is -2.61. The fourth-order valence-corrected chi connectivity index (χ4v) is 3.31. The lowest BCUT2D eigenvalue weighted by molar-refractivity contribution is 0.102. The van der Waals surface area contributed by atoms with Crippen LogP contribution in [-0.4, -0.2) is 25.9 Å². The van der Waals surface area contributed by atoms with Crippen molar-refractivity contribution in [3.8, 4) is 0 Å². The molecule has 0 fully saturated rings. The summed E-state index contributed by atoms with van der Waals surface area (Å²) in [5.74, 6) is 0.0600. The summed E-state index contributed by atoms with van der Waals surface area (Å²) < 4.78 is 1.17. The van der Waals surface area contributed by atoms with Gasteiger partial charge in [-0.05, 0) is 12.0 Å². The number of nitrogens with zero attached hydrogens (tertiary/aromatic N) is 4. The first-order valence-electron chi connectivity index (χ1n) is 7.55. The Morgan fingerprint density at radius 3 is 2.67 bits per heavy atom. The third kappa shape index (κ3) is 3.18. The molecule has 0 spiro atoms. The third-order valence-corrected chi connectivity index (χ3v) is 4.30. The van der Waals surface area contributed by atoms with Crippen LogP contribution in [0.5, 0.6) is 0 Å². The molecule has 3 aromatic rings. The SMILES string of the molecule is CC(C)Cc1nnc(NC(=O)c2nn(C)c(=O)c3ccccc23)s1. The Bertz CT molecular complexity index is 961. The molecule has 24 heavy (non-hydrogen) atoms. The third-order valence-electron chi connectivity index (χ3n) is 3.44. The van der Waals surface area contributed by atoms with Crippen molar-refractivity contribution in [2.45, 2.75) is 20.3 Å². The molecule has 7 nitrogen and oxygen atoms in total. The number of carbonyl (C=O) groups is 1. The Labute approximate surface area is 142 Å². The van der Waals surface area contributed by atoms with Gasteiger partial charge in [-0.25, -0.2) is 4.68 Å². The van der Waals surface area contributed by atoms with Gasteiger partial charge in [-0.3, -0.25) is 14.9 Å². The van der Waals surface area contributed by atoms with E-state index in [1.54, 1.807) is 24.3 Å². The summed E-state index contributed by atoms with van der Waals surface area (Å²) in [5.41, 5.74) is -0.0504. The van der Waals surface area contributed by atoms with Crippen LogP contribution in [0.4, 0.5) is 5.13 Å². The molecule has 0 atom stereocenters. The number of nitrogens with one attached hydrogen (secondary N) is 1. The highest BCUT2D eigenvalue weighted by Crippen LogP contribution is 2.20. The zero-order valence-electron chi connectivity index (χ0n) is 13.6. The molecule has 0 unspecified atom stereocenters. The molecule has 0 saturated carbocycles. The first-order valence-corrected chi connectivity index (χ1v) is 8.37. The summed E-state index contributed by atoms with van der Waals surface area (Å²) in [5, 5.41) is 17.2. The number of amides is 1. The van der Waals surface area contributed by atoms with E-state index in [0.29, 0.717) is 21.8 Å². The minimum absolute atomic E-state index is 0.188. The van der Waals surface area contributed by atoms with E-state index in [0.717, 1.165) is 11.4 Å². The second kappa shape index (κ2) is 6.48. The summed E-state index contributed by atoms with van der Waals surface area (Å²) in [6.45, 7) is 4.19. The Kier molecular flexibility index (Phi) is 4.39. The van der Waals surface area contributed by atoms with Crippen LogP contribution < -0.4 is 10.9 Å². The minimum atomic E-state index is -0.408. The van der Waals surface area contributed by atoms with Crippen molar-refractivity contribution < 1.29 is 4.79 Å². The number of rotatable bonds is 4. The summed E-state index contributed by atoms with van der Waals surface area (Å²) in [7, 11) is 1.53. The monoisotopic (exact) mass is 343 g/mol. The average Bonchev–Trinajstić information content (AvgIpc) is 2.97. The van der Waals surface area contributed by atoms with Gasteiger partial charge in [0.25, 0.3) is 11.5 Å². The van der Waals surface area contributed by atoms with Crippen LogP contribution in [0.15, 0.2) is 29.1 Å². The minimum Gasteiger partial charge on any atom is -0.295 e. The van der Waals surface area contributed by atoms with Gasteiger partial charge >= 0.3 is 0 Å². The molecule has 0 radical (unpaired) electrons. The molecule has 2 aromatic heterocycles. The number of anilines is 1. The molecule has 2 heterocycles. The lowest BCUT2D eigenvalue weighted by Gasteiger charge is -2.07. The molecule has 0 saturated heterocycles. The molecule has 8 heteroatoms. The van der Waals surface area contributed by atoms with Gasteiger partial charge in [0.15, 0.2) is 5.69 Å². The van der Waals surface area contributed by atoms with Crippen molar-refractivity contribution >= 4 is 33.1 Å². The van der Waals surface area contributed by atoms with E-state index in [-0.39, 0.29) is 11.3 Å². The smallest absolute Gasteiger partial charge is 0.278 e. The molecule has 0 bridgehead atoms. The molecular weight excluding hydrogens is 326 g/mol. The van der Waals surface area contributed by atoms with Gasteiger partial charge < -0.3 is 0 Å². The summed E-state index contributed by atoms with van der Waals surface area (Å²) >= 11 is 1.35. The van der Waals surface area contributed by atoms with Gasteiger partial charge in [0, 0.05) is 18.9 Å². The maximum Gasteiger partial charge on any atom is 0.278 e.